The molecule has 2 unspecified atom stereocenters. The van der Waals surface area contributed by atoms with Crippen molar-refractivity contribution in [2.24, 2.45) is 0 Å². The first-order chi connectivity index (χ1) is 16.1. The first kappa shape index (κ1) is 24.1. The lowest BCUT2D eigenvalue weighted by Crippen LogP contribution is -2.55. The lowest BCUT2D eigenvalue weighted by Gasteiger charge is -2.39. The summed E-state index contributed by atoms with van der Waals surface area (Å²) in [6.45, 7) is 0. The van der Waals surface area contributed by atoms with Gasteiger partial charge in [0.25, 0.3) is 11.8 Å². The smallest absolute Gasteiger partial charge is 0.252 e. The fourth-order valence-electron chi connectivity index (χ4n) is 4.42. The molecule has 34 heavy (non-hydrogen) atoms. The summed E-state index contributed by atoms with van der Waals surface area (Å²) in [5.41, 5.74) is 0.328. The van der Waals surface area contributed by atoms with Gasteiger partial charge in [0, 0.05) is 48.6 Å². The van der Waals surface area contributed by atoms with Crippen molar-refractivity contribution in [3.63, 3.8) is 0 Å². The summed E-state index contributed by atoms with van der Waals surface area (Å²) in [4.78, 5) is 41.8. The van der Waals surface area contributed by atoms with Gasteiger partial charge in [0.2, 0.25) is 11.8 Å². The van der Waals surface area contributed by atoms with Crippen LogP contribution in [0.25, 0.3) is 0 Å². The number of hydrogen-bond donors (Lipinski definition) is 1. The monoisotopic (exact) mass is 493 g/mol. The molecule has 0 spiro atoms. The Labute approximate surface area is 199 Å². The van der Waals surface area contributed by atoms with Crippen molar-refractivity contribution in [1.29, 1.82) is 0 Å². The molecule has 10 heteroatoms. The summed E-state index contributed by atoms with van der Waals surface area (Å²) in [6, 6.07) is 8.48. The molecule has 6 nitrogen and oxygen atoms in total. The molecule has 2 aliphatic rings. The number of anilines is 1. The topological polar surface area (TPSA) is 69.7 Å². The molecular weight excluding hydrogens is 471 g/mol. The normalized spacial score (nSPS) is 20.6. The Morgan fingerprint density at radius 1 is 1.18 bits per heavy atom. The summed E-state index contributed by atoms with van der Waals surface area (Å²) in [7, 11) is 1.49. The Hall–Kier alpha value is -3.07. The maximum atomic E-state index is 14.2. The van der Waals surface area contributed by atoms with Crippen molar-refractivity contribution in [2.75, 3.05) is 11.9 Å². The number of nitrogens with zero attached hydrogens (tertiary/aromatic N) is 2. The van der Waals surface area contributed by atoms with Gasteiger partial charge in [-0.1, -0.05) is 35.9 Å². The van der Waals surface area contributed by atoms with Crippen LogP contribution in [0.2, 0.25) is 5.02 Å². The van der Waals surface area contributed by atoms with Gasteiger partial charge in [-0.25, -0.2) is 13.2 Å². The number of halogens is 4. The van der Waals surface area contributed by atoms with Gasteiger partial charge >= 0.3 is 0 Å². The maximum absolute atomic E-state index is 14.2. The van der Waals surface area contributed by atoms with Crippen LogP contribution in [0.5, 0.6) is 0 Å². The molecule has 1 saturated carbocycles. The molecule has 2 aromatic rings. The third kappa shape index (κ3) is 4.75. The van der Waals surface area contributed by atoms with Gasteiger partial charge in [0.1, 0.15) is 17.9 Å². The minimum absolute atomic E-state index is 0.0803. The molecule has 0 aromatic heterocycles. The van der Waals surface area contributed by atoms with E-state index in [9.17, 15) is 27.6 Å². The molecule has 2 atom stereocenters. The molecule has 3 amide bonds. The zero-order valence-electron chi connectivity index (χ0n) is 18.3. The molecule has 1 saturated heterocycles. The number of benzene rings is 2. The molecule has 2 fully saturated rings. The quantitative estimate of drug-likeness (QED) is 0.659. The fourth-order valence-corrected chi connectivity index (χ4v) is 4.66. The van der Waals surface area contributed by atoms with E-state index >= 15 is 0 Å². The Morgan fingerprint density at radius 3 is 2.47 bits per heavy atom. The van der Waals surface area contributed by atoms with E-state index in [2.05, 4.69) is 5.32 Å². The predicted octanol–water partition coefficient (Wildman–Crippen LogP) is 4.09. The number of carbonyl (C=O) groups is 3. The standard InChI is InChI=1S/C24H23ClF3N3O3/c1-30-19(9-10-20(30)32)23(34)31(16-6-4-5-14(26)11-16)21(17-7-2-3-8-18(17)25)22(33)29-15-12-24(27,28)13-15/h2-8,11,15,19,21H,9-10,12-13H2,1H3,(H,29,33). The molecule has 4 rings (SSSR count). The van der Waals surface area contributed by atoms with Crippen molar-refractivity contribution in [3.8, 4) is 0 Å². The van der Waals surface area contributed by atoms with E-state index in [0.29, 0.717) is 0 Å². The second-order valence-corrected chi connectivity index (χ2v) is 9.05. The zero-order valence-corrected chi connectivity index (χ0v) is 19.1. The van der Waals surface area contributed by atoms with Gasteiger partial charge in [0.05, 0.1) is 0 Å². The van der Waals surface area contributed by atoms with Crippen molar-refractivity contribution < 1.29 is 27.6 Å². The second kappa shape index (κ2) is 9.29. The third-order valence-electron chi connectivity index (χ3n) is 6.24. The van der Waals surface area contributed by atoms with E-state index < -0.39 is 54.5 Å². The predicted molar refractivity (Wildman–Crippen MR) is 120 cm³/mol. The van der Waals surface area contributed by atoms with Gasteiger partial charge in [0.15, 0.2) is 0 Å². The Bertz CT molecular complexity index is 1120. The number of alkyl halides is 2. The number of amides is 3. The van der Waals surface area contributed by atoms with Crippen molar-refractivity contribution in [1.82, 2.24) is 10.2 Å². The summed E-state index contributed by atoms with van der Waals surface area (Å²) >= 11 is 6.40. The minimum Gasteiger partial charge on any atom is -0.351 e. The fraction of sp³-hybridized carbons (Fsp3) is 0.375. The first-order valence-electron chi connectivity index (χ1n) is 10.8. The van der Waals surface area contributed by atoms with Crippen LogP contribution >= 0.6 is 11.6 Å². The van der Waals surface area contributed by atoms with E-state index in [1.165, 1.54) is 36.2 Å². The van der Waals surface area contributed by atoms with Gasteiger partial charge in [-0.05, 0) is 30.7 Å². The number of carbonyl (C=O) groups excluding carboxylic acids is 3. The zero-order chi connectivity index (χ0) is 24.6. The van der Waals surface area contributed by atoms with Crippen LogP contribution in [0.4, 0.5) is 18.9 Å². The highest BCUT2D eigenvalue weighted by Crippen LogP contribution is 2.39. The lowest BCUT2D eigenvalue weighted by atomic mass is 9.87. The van der Waals surface area contributed by atoms with Crippen LogP contribution in [-0.2, 0) is 14.4 Å². The summed E-state index contributed by atoms with van der Waals surface area (Å²) in [5.74, 6) is -5.05. The molecule has 1 aliphatic heterocycles. The number of likely N-dealkylation sites (tertiary alicyclic amines) is 1. The molecule has 0 bridgehead atoms. The second-order valence-electron chi connectivity index (χ2n) is 8.64. The molecule has 0 radical (unpaired) electrons. The van der Waals surface area contributed by atoms with Crippen molar-refractivity contribution >= 4 is 35.0 Å². The van der Waals surface area contributed by atoms with E-state index in [1.807, 2.05) is 0 Å². The molecule has 1 aliphatic carbocycles. The van der Waals surface area contributed by atoms with Gasteiger partial charge in [-0.3, -0.25) is 19.3 Å². The number of rotatable bonds is 6. The van der Waals surface area contributed by atoms with E-state index in [4.69, 9.17) is 11.6 Å². The van der Waals surface area contributed by atoms with E-state index in [1.54, 1.807) is 18.2 Å². The average molecular weight is 494 g/mol. The van der Waals surface area contributed by atoms with Crippen LogP contribution in [0.1, 0.15) is 37.3 Å². The molecule has 2 aromatic carbocycles. The van der Waals surface area contributed by atoms with Crippen LogP contribution < -0.4 is 10.2 Å². The first-order valence-corrected chi connectivity index (χ1v) is 11.2. The SMILES string of the molecule is CN1C(=O)CCC1C(=O)N(c1cccc(F)c1)C(C(=O)NC1CC(F)(F)C1)c1ccccc1Cl. The van der Waals surface area contributed by atoms with Gasteiger partial charge in [-0.2, -0.15) is 0 Å². The van der Waals surface area contributed by atoms with Crippen molar-refractivity contribution in [2.45, 2.75) is 49.7 Å². The number of likely N-dealkylation sites (N-methyl/N-ethyl adjacent to an activating group) is 1. The Balaban J connectivity index is 1.79. The van der Waals surface area contributed by atoms with E-state index in [-0.39, 0.29) is 35.0 Å². The molecular formula is C24H23ClF3N3O3. The van der Waals surface area contributed by atoms with Gasteiger partial charge < -0.3 is 10.2 Å². The molecule has 1 N–H and O–H groups in total. The number of nitrogens with one attached hydrogen (secondary N) is 1. The maximum Gasteiger partial charge on any atom is 0.252 e. The van der Waals surface area contributed by atoms with Crippen LogP contribution in [0.15, 0.2) is 48.5 Å². The number of hydrogen-bond acceptors (Lipinski definition) is 3. The average Bonchev–Trinajstić information content (AvgIpc) is 3.09. The summed E-state index contributed by atoms with van der Waals surface area (Å²) in [5, 5.41) is 2.76. The minimum atomic E-state index is -2.86. The molecule has 180 valence electrons. The Morgan fingerprint density at radius 2 is 1.88 bits per heavy atom. The van der Waals surface area contributed by atoms with Gasteiger partial charge in [-0.15, -0.1) is 0 Å². The largest absolute Gasteiger partial charge is 0.351 e. The van der Waals surface area contributed by atoms with E-state index in [0.717, 1.165) is 11.0 Å². The highest BCUT2D eigenvalue weighted by Gasteiger charge is 2.48. The summed E-state index contributed by atoms with van der Waals surface area (Å²) in [6.07, 6.45) is -0.640. The van der Waals surface area contributed by atoms with Crippen LogP contribution in [0, 0.1) is 5.82 Å². The molecule has 1 heterocycles. The highest BCUT2D eigenvalue weighted by atomic mass is 35.5. The highest BCUT2D eigenvalue weighted by molar-refractivity contribution is 6.31. The Kier molecular flexibility index (Phi) is 6.58. The summed E-state index contributed by atoms with van der Waals surface area (Å²) < 4.78 is 41.0. The van der Waals surface area contributed by atoms with Crippen LogP contribution in [-0.4, -0.2) is 47.7 Å². The van der Waals surface area contributed by atoms with Crippen molar-refractivity contribution in [3.05, 3.63) is 64.9 Å². The lowest BCUT2D eigenvalue weighted by molar-refractivity contribution is -0.135. The van der Waals surface area contributed by atoms with Crippen LogP contribution in [0.3, 0.4) is 0 Å². The third-order valence-corrected chi connectivity index (χ3v) is 6.59.